The molecule has 9 heteroatoms. The van der Waals surface area contributed by atoms with Crippen LogP contribution in [0.25, 0.3) is 0 Å². The van der Waals surface area contributed by atoms with E-state index in [0.717, 1.165) is 89.9 Å². The first kappa shape index (κ1) is 50.2. The number of phosphoric acid groups is 1. The third kappa shape index (κ3) is 39.4. The number of hydrogen-bond acceptors (Lipinski definition) is 7. The van der Waals surface area contributed by atoms with Gasteiger partial charge in [0.1, 0.15) is 19.3 Å². The van der Waals surface area contributed by atoms with E-state index in [9.17, 15) is 14.3 Å². The van der Waals surface area contributed by atoms with Gasteiger partial charge in [0.2, 0.25) is 0 Å². The van der Waals surface area contributed by atoms with Crippen molar-refractivity contribution in [3.05, 3.63) is 60.8 Å². The maximum Gasteiger partial charge on any atom is 0.306 e. The predicted molar refractivity (Wildman–Crippen MR) is 217 cm³/mol. The lowest BCUT2D eigenvalue weighted by Crippen LogP contribution is -2.37. The molecule has 0 aromatic heterocycles. The molecule has 8 nitrogen and oxygen atoms in total. The van der Waals surface area contributed by atoms with Crippen molar-refractivity contribution >= 4 is 13.8 Å². The number of nitrogens with zero attached hydrogens (tertiary/aromatic N) is 1. The lowest BCUT2D eigenvalue weighted by atomic mass is 10.1. The Bertz CT molecular complexity index is 1020. The molecule has 0 radical (unpaired) electrons. The molecular weight excluding hydrogens is 673 g/mol. The molecule has 0 fully saturated rings. The van der Waals surface area contributed by atoms with Gasteiger partial charge in [-0.3, -0.25) is 9.36 Å². The van der Waals surface area contributed by atoms with E-state index in [0.29, 0.717) is 17.6 Å². The molecule has 2 atom stereocenters. The summed E-state index contributed by atoms with van der Waals surface area (Å²) in [5.74, 6) is -0.358. The third-order valence-electron chi connectivity index (χ3n) is 8.30. The lowest BCUT2D eigenvalue weighted by Gasteiger charge is -2.28. The molecule has 0 aliphatic carbocycles. The summed E-state index contributed by atoms with van der Waals surface area (Å²) in [5, 5.41) is 0. The molecule has 0 saturated heterocycles. The van der Waals surface area contributed by atoms with E-state index in [4.69, 9.17) is 18.5 Å². The first-order chi connectivity index (χ1) is 25.1. The van der Waals surface area contributed by atoms with E-state index in [-0.39, 0.29) is 32.2 Å². The Hall–Kier alpha value is -1.80. The van der Waals surface area contributed by atoms with Crippen LogP contribution in [0.2, 0.25) is 0 Å². The molecule has 0 rings (SSSR count). The van der Waals surface area contributed by atoms with Gasteiger partial charge in [-0.25, -0.2) is 0 Å². The summed E-state index contributed by atoms with van der Waals surface area (Å²) in [4.78, 5) is 25.0. The molecule has 0 aliphatic rings. The fourth-order valence-corrected chi connectivity index (χ4v) is 5.83. The van der Waals surface area contributed by atoms with Gasteiger partial charge in [-0.2, -0.15) is 0 Å². The second-order valence-electron chi connectivity index (χ2n) is 14.6. The Morgan fingerprint density at radius 1 is 0.615 bits per heavy atom. The largest absolute Gasteiger partial charge is 0.756 e. The van der Waals surface area contributed by atoms with Gasteiger partial charge in [0.25, 0.3) is 7.82 Å². The molecule has 0 spiro atoms. The van der Waals surface area contributed by atoms with Crippen LogP contribution < -0.4 is 4.89 Å². The van der Waals surface area contributed by atoms with E-state index in [1.807, 2.05) is 21.1 Å². The highest BCUT2D eigenvalue weighted by molar-refractivity contribution is 7.45. The first-order valence-corrected chi connectivity index (χ1v) is 22.0. The molecule has 0 aromatic carbocycles. The number of phosphoric ester groups is 1. The van der Waals surface area contributed by atoms with E-state index in [1.54, 1.807) is 0 Å². The fourth-order valence-electron chi connectivity index (χ4n) is 5.10. The second kappa shape index (κ2) is 36.2. The van der Waals surface area contributed by atoms with Gasteiger partial charge in [-0.15, -0.1) is 0 Å². The SMILES string of the molecule is CC/C=C\C/C=C\C/C=C\CCCCCCCC(=O)OC(COCCCCCCCC/C=C\C/C=C\CCCC)COP(=O)([O-])OCC[N+](C)(C)C. The van der Waals surface area contributed by atoms with Crippen LogP contribution in [0.1, 0.15) is 149 Å². The fraction of sp³-hybridized carbons (Fsp3) is 0.744. The predicted octanol–water partition coefficient (Wildman–Crippen LogP) is 11.1. The molecule has 52 heavy (non-hydrogen) atoms. The average Bonchev–Trinajstić information content (AvgIpc) is 3.09. The average molecular weight is 752 g/mol. The van der Waals surface area contributed by atoms with Crippen molar-refractivity contribution in [1.29, 1.82) is 0 Å². The number of esters is 1. The number of rotatable bonds is 37. The number of likely N-dealkylation sites (N-methyl/N-ethyl adjacent to an activating group) is 1. The van der Waals surface area contributed by atoms with Gasteiger partial charge in [0, 0.05) is 13.0 Å². The van der Waals surface area contributed by atoms with Gasteiger partial charge in [0.15, 0.2) is 0 Å². The molecular formula is C43H78NO7P. The summed E-state index contributed by atoms with van der Waals surface area (Å²) in [6.07, 6.45) is 43.7. The molecule has 0 saturated carbocycles. The summed E-state index contributed by atoms with van der Waals surface area (Å²) in [6, 6.07) is 0. The summed E-state index contributed by atoms with van der Waals surface area (Å²) in [5.41, 5.74) is 0. The molecule has 0 heterocycles. The van der Waals surface area contributed by atoms with Crippen LogP contribution in [0.4, 0.5) is 0 Å². The highest BCUT2D eigenvalue weighted by Crippen LogP contribution is 2.38. The third-order valence-corrected chi connectivity index (χ3v) is 9.27. The Morgan fingerprint density at radius 3 is 1.67 bits per heavy atom. The summed E-state index contributed by atoms with van der Waals surface area (Å²) in [7, 11) is 1.33. The number of quaternary nitrogens is 1. The van der Waals surface area contributed by atoms with E-state index < -0.39 is 13.9 Å². The number of carbonyl (C=O) groups is 1. The number of carbonyl (C=O) groups excluding carboxylic acids is 1. The van der Waals surface area contributed by atoms with Crippen LogP contribution in [-0.2, 0) is 27.9 Å². The van der Waals surface area contributed by atoms with Crippen LogP contribution in [0, 0.1) is 0 Å². The zero-order valence-electron chi connectivity index (χ0n) is 34.0. The van der Waals surface area contributed by atoms with Gasteiger partial charge >= 0.3 is 5.97 Å². The van der Waals surface area contributed by atoms with Gasteiger partial charge in [-0.1, -0.05) is 132 Å². The number of allylic oxidation sites excluding steroid dienone is 10. The maximum absolute atomic E-state index is 12.6. The van der Waals surface area contributed by atoms with Crippen LogP contribution in [-0.4, -0.2) is 70.7 Å². The molecule has 0 amide bonds. The van der Waals surface area contributed by atoms with Gasteiger partial charge in [-0.05, 0) is 70.6 Å². The summed E-state index contributed by atoms with van der Waals surface area (Å²) < 4.78 is 34.5. The van der Waals surface area contributed by atoms with E-state index in [2.05, 4.69) is 74.6 Å². The van der Waals surface area contributed by atoms with Crippen LogP contribution in [0.5, 0.6) is 0 Å². The van der Waals surface area contributed by atoms with Crippen LogP contribution in [0.15, 0.2) is 60.8 Å². The topological polar surface area (TPSA) is 94.1 Å². The van der Waals surface area contributed by atoms with Crippen LogP contribution in [0.3, 0.4) is 0 Å². The Kier molecular flexibility index (Phi) is 34.9. The van der Waals surface area contributed by atoms with E-state index >= 15 is 0 Å². The van der Waals surface area contributed by atoms with E-state index in [1.165, 1.54) is 38.5 Å². The Balaban J connectivity index is 4.33. The Labute approximate surface area is 320 Å². The van der Waals surface area contributed by atoms with Crippen molar-refractivity contribution in [2.75, 3.05) is 54.1 Å². The molecule has 0 bridgehead atoms. The second-order valence-corrected chi connectivity index (χ2v) is 16.0. The highest BCUT2D eigenvalue weighted by atomic mass is 31.2. The number of unbranched alkanes of at least 4 members (excludes halogenated alkanes) is 13. The summed E-state index contributed by atoms with van der Waals surface area (Å²) in [6.45, 7) is 5.19. The van der Waals surface area contributed by atoms with Crippen molar-refractivity contribution in [3.8, 4) is 0 Å². The highest BCUT2D eigenvalue weighted by Gasteiger charge is 2.20. The molecule has 2 unspecified atom stereocenters. The minimum Gasteiger partial charge on any atom is -0.756 e. The van der Waals surface area contributed by atoms with Crippen molar-refractivity contribution in [3.63, 3.8) is 0 Å². The standard InChI is InChI=1S/C43H78NO7P/c1-6-8-10-12-14-16-18-20-22-24-26-28-30-32-34-36-43(45)51-42(41-50-52(46,47)49-39-37-44(3,4)5)40-48-38-35-33-31-29-27-25-23-21-19-17-15-13-11-9-7-2/h8,10,13-16,19-22,42H,6-7,9,11-12,17-18,23-41H2,1-5H3/b10-8-,15-13-,16-14-,21-19-,22-20-. The van der Waals surface area contributed by atoms with Crippen molar-refractivity contribution in [2.24, 2.45) is 0 Å². The van der Waals surface area contributed by atoms with Crippen molar-refractivity contribution < 1.29 is 37.3 Å². The zero-order valence-corrected chi connectivity index (χ0v) is 34.9. The minimum absolute atomic E-state index is 0.0174. The van der Waals surface area contributed by atoms with Crippen molar-refractivity contribution in [1.82, 2.24) is 0 Å². The molecule has 302 valence electrons. The van der Waals surface area contributed by atoms with Crippen LogP contribution >= 0.6 is 7.82 Å². The Morgan fingerprint density at radius 2 is 1.12 bits per heavy atom. The normalized spacial score (nSPS) is 14.5. The van der Waals surface area contributed by atoms with Gasteiger partial charge in [0.05, 0.1) is 34.4 Å². The molecule has 0 N–H and O–H groups in total. The van der Waals surface area contributed by atoms with Crippen molar-refractivity contribution in [2.45, 2.75) is 155 Å². The maximum atomic E-state index is 12.6. The zero-order chi connectivity index (χ0) is 38.4. The van der Waals surface area contributed by atoms with Gasteiger partial charge < -0.3 is 27.9 Å². The molecule has 0 aromatic rings. The first-order valence-electron chi connectivity index (χ1n) is 20.5. The summed E-state index contributed by atoms with van der Waals surface area (Å²) >= 11 is 0. The number of ether oxygens (including phenoxy) is 2. The number of hydrogen-bond donors (Lipinski definition) is 0. The quantitative estimate of drug-likeness (QED) is 0.0205. The monoisotopic (exact) mass is 752 g/mol. The lowest BCUT2D eigenvalue weighted by molar-refractivity contribution is -0.870. The smallest absolute Gasteiger partial charge is 0.306 e. The molecule has 0 aliphatic heterocycles. The minimum atomic E-state index is -4.53.